The molecule has 2 atom stereocenters. The lowest BCUT2D eigenvalue weighted by Gasteiger charge is -2.20. The summed E-state index contributed by atoms with van der Waals surface area (Å²) >= 11 is 0. The second kappa shape index (κ2) is 65.3. The van der Waals surface area contributed by atoms with E-state index in [1.54, 1.807) is 6.08 Å². The highest BCUT2D eigenvalue weighted by Gasteiger charge is 2.18. The number of nitrogens with one attached hydrogen (secondary N) is 1. The number of esters is 1. The van der Waals surface area contributed by atoms with Crippen LogP contribution in [-0.2, 0) is 14.3 Å². The molecule has 76 heavy (non-hydrogen) atoms. The van der Waals surface area contributed by atoms with Crippen LogP contribution in [0.15, 0.2) is 48.6 Å². The molecule has 2 unspecified atom stereocenters. The fourth-order valence-electron chi connectivity index (χ4n) is 10.4. The molecule has 0 fully saturated rings. The van der Waals surface area contributed by atoms with Gasteiger partial charge in [0.25, 0.3) is 0 Å². The van der Waals surface area contributed by atoms with Gasteiger partial charge in [0, 0.05) is 12.8 Å². The summed E-state index contributed by atoms with van der Waals surface area (Å²) in [6.07, 6.45) is 84.6. The third kappa shape index (κ3) is 61.0. The van der Waals surface area contributed by atoms with Gasteiger partial charge in [-0.15, -0.1) is 0 Å². The first-order valence-corrected chi connectivity index (χ1v) is 33.9. The minimum absolute atomic E-state index is 0.00231. The minimum atomic E-state index is -0.846. The van der Waals surface area contributed by atoms with Crippen molar-refractivity contribution in [3.05, 3.63) is 48.6 Å². The molecule has 6 nitrogen and oxygen atoms in total. The summed E-state index contributed by atoms with van der Waals surface area (Å²) in [6, 6.07) is -0.630. The van der Waals surface area contributed by atoms with Crippen molar-refractivity contribution in [1.29, 1.82) is 0 Å². The normalized spacial score (nSPS) is 12.8. The molecule has 0 aliphatic carbocycles. The molecule has 0 bridgehead atoms. The lowest BCUT2D eigenvalue weighted by atomic mass is 10.0. The molecular weight excluding hydrogens is 935 g/mol. The summed E-state index contributed by atoms with van der Waals surface area (Å²) < 4.78 is 5.47. The van der Waals surface area contributed by atoms with E-state index in [0.717, 1.165) is 51.4 Å². The summed E-state index contributed by atoms with van der Waals surface area (Å²) in [5.41, 5.74) is 0. The monoisotopic (exact) mass is 1070 g/mol. The van der Waals surface area contributed by atoms with Gasteiger partial charge >= 0.3 is 5.97 Å². The summed E-state index contributed by atoms with van der Waals surface area (Å²) in [5, 5.41) is 23.2. The van der Waals surface area contributed by atoms with Crippen molar-refractivity contribution in [3.63, 3.8) is 0 Å². The summed E-state index contributed by atoms with van der Waals surface area (Å²) in [6.45, 7) is 4.90. The fourth-order valence-corrected chi connectivity index (χ4v) is 10.4. The standard InChI is InChI=1S/C70H131NO5/c1-3-5-7-9-11-13-15-17-18-32-35-39-42-46-50-54-58-62-68(73)67(66-72)71-69(74)63-59-55-51-47-43-40-36-33-30-28-26-24-22-20-19-21-23-25-27-29-31-34-37-41-45-49-53-57-61-65-76-70(75)64-60-56-52-48-44-38-16-14-12-10-8-6-4-2/h14,16,19,21,25,27,58,62,67-68,72-73H,3-13,15,17-18,20,22-24,26,28-57,59-61,63-66H2,1-2H3,(H,71,74)/b16-14-,21-19-,27-25-,62-58+. The predicted octanol–water partition coefficient (Wildman–Crippen LogP) is 21.7. The highest BCUT2D eigenvalue weighted by Crippen LogP contribution is 2.17. The molecule has 1 amide bonds. The molecule has 0 spiro atoms. The first-order valence-electron chi connectivity index (χ1n) is 33.9. The van der Waals surface area contributed by atoms with Crippen LogP contribution in [0.1, 0.15) is 361 Å². The van der Waals surface area contributed by atoms with Crippen molar-refractivity contribution >= 4 is 11.9 Å². The van der Waals surface area contributed by atoms with Gasteiger partial charge in [0.15, 0.2) is 0 Å². The first kappa shape index (κ1) is 73.8. The Morgan fingerprint density at radius 2 is 0.658 bits per heavy atom. The molecule has 0 aromatic rings. The van der Waals surface area contributed by atoms with Gasteiger partial charge < -0.3 is 20.3 Å². The number of rotatable bonds is 63. The average Bonchev–Trinajstić information content (AvgIpc) is 3.42. The van der Waals surface area contributed by atoms with Gasteiger partial charge in [-0.05, 0) is 89.9 Å². The van der Waals surface area contributed by atoms with Gasteiger partial charge in [0.1, 0.15) is 0 Å². The Kier molecular flexibility index (Phi) is 63.5. The number of hydrogen-bond acceptors (Lipinski definition) is 5. The molecule has 0 heterocycles. The SMILES string of the molecule is CCCCCC/C=C\CCCCCCCC(=O)OCCCCCCCCCCC/C=C\C/C=C\CCCCCCCCCCCCCCCC(=O)NC(CO)C(O)/C=C/CCCCCCCCCCCCCCCCC. The van der Waals surface area contributed by atoms with Gasteiger partial charge in [-0.3, -0.25) is 9.59 Å². The highest BCUT2D eigenvalue weighted by atomic mass is 16.5. The van der Waals surface area contributed by atoms with Crippen LogP contribution in [0, 0.1) is 0 Å². The number of unbranched alkanes of at least 4 members (excludes halogenated alkanes) is 46. The van der Waals surface area contributed by atoms with Crippen LogP contribution in [0.2, 0.25) is 0 Å². The maximum atomic E-state index is 12.5. The summed E-state index contributed by atoms with van der Waals surface area (Å²) in [7, 11) is 0. The van der Waals surface area contributed by atoms with Gasteiger partial charge in [-0.1, -0.05) is 306 Å². The van der Waals surface area contributed by atoms with E-state index in [0.29, 0.717) is 19.4 Å². The van der Waals surface area contributed by atoms with E-state index >= 15 is 0 Å². The van der Waals surface area contributed by atoms with Crippen molar-refractivity contribution < 1.29 is 24.5 Å². The van der Waals surface area contributed by atoms with Crippen LogP contribution >= 0.6 is 0 Å². The third-order valence-electron chi connectivity index (χ3n) is 15.6. The molecule has 3 N–H and O–H groups in total. The van der Waals surface area contributed by atoms with Gasteiger partial charge in [0.05, 0.1) is 25.4 Å². The molecule has 0 aliphatic rings. The van der Waals surface area contributed by atoms with Crippen LogP contribution in [0.25, 0.3) is 0 Å². The maximum Gasteiger partial charge on any atom is 0.305 e. The molecular formula is C70H131NO5. The summed E-state index contributed by atoms with van der Waals surface area (Å²) in [5.74, 6) is -0.0647. The number of allylic oxidation sites excluding steroid dienone is 7. The molecule has 6 heteroatoms. The number of hydrogen-bond donors (Lipinski definition) is 3. The van der Waals surface area contributed by atoms with Crippen LogP contribution < -0.4 is 5.32 Å². The van der Waals surface area contributed by atoms with Crippen LogP contribution in [0.3, 0.4) is 0 Å². The Bertz CT molecular complexity index is 1270. The lowest BCUT2D eigenvalue weighted by molar-refractivity contribution is -0.143. The average molecular weight is 1070 g/mol. The predicted molar refractivity (Wildman–Crippen MR) is 333 cm³/mol. The zero-order valence-corrected chi connectivity index (χ0v) is 51.0. The quantitative estimate of drug-likeness (QED) is 0.0320. The fraction of sp³-hybridized carbons (Fsp3) is 0.857. The number of amides is 1. The smallest absolute Gasteiger partial charge is 0.305 e. The Morgan fingerprint density at radius 1 is 0.368 bits per heavy atom. The van der Waals surface area contributed by atoms with E-state index in [4.69, 9.17) is 4.74 Å². The van der Waals surface area contributed by atoms with Crippen molar-refractivity contribution in [2.75, 3.05) is 13.2 Å². The van der Waals surface area contributed by atoms with Gasteiger partial charge in [0.2, 0.25) is 5.91 Å². The van der Waals surface area contributed by atoms with E-state index in [1.165, 1.54) is 283 Å². The number of carbonyl (C=O) groups excluding carboxylic acids is 2. The van der Waals surface area contributed by atoms with Crippen molar-refractivity contribution in [2.45, 2.75) is 373 Å². The van der Waals surface area contributed by atoms with E-state index in [-0.39, 0.29) is 18.5 Å². The Hall–Kier alpha value is -2.18. The maximum absolute atomic E-state index is 12.5. The van der Waals surface area contributed by atoms with Crippen LogP contribution in [0.4, 0.5) is 0 Å². The second-order valence-electron chi connectivity index (χ2n) is 23.1. The minimum Gasteiger partial charge on any atom is -0.466 e. The molecule has 0 aliphatic heterocycles. The topological polar surface area (TPSA) is 95.9 Å². The van der Waals surface area contributed by atoms with Crippen LogP contribution in [-0.4, -0.2) is 47.4 Å². The summed E-state index contributed by atoms with van der Waals surface area (Å²) in [4.78, 5) is 24.5. The molecule has 0 saturated carbocycles. The van der Waals surface area contributed by atoms with Gasteiger partial charge in [-0.25, -0.2) is 0 Å². The number of carbonyl (C=O) groups is 2. The van der Waals surface area contributed by atoms with Crippen LogP contribution in [0.5, 0.6) is 0 Å². The largest absolute Gasteiger partial charge is 0.466 e. The van der Waals surface area contributed by atoms with Gasteiger partial charge in [-0.2, -0.15) is 0 Å². The number of aliphatic hydroxyl groups is 2. The molecule has 0 aromatic heterocycles. The Labute approximate surface area is 474 Å². The van der Waals surface area contributed by atoms with E-state index in [1.807, 2.05) is 6.08 Å². The molecule has 0 aromatic carbocycles. The highest BCUT2D eigenvalue weighted by molar-refractivity contribution is 5.76. The Morgan fingerprint density at radius 3 is 1.03 bits per heavy atom. The number of ether oxygens (including phenoxy) is 1. The molecule has 0 radical (unpaired) electrons. The molecule has 446 valence electrons. The second-order valence-corrected chi connectivity index (χ2v) is 23.1. The van der Waals surface area contributed by atoms with Crippen molar-refractivity contribution in [2.24, 2.45) is 0 Å². The van der Waals surface area contributed by atoms with Crippen molar-refractivity contribution in [3.8, 4) is 0 Å². The first-order chi connectivity index (χ1) is 37.5. The van der Waals surface area contributed by atoms with Crippen molar-refractivity contribution in [1.82, 2.24) is 5.32 Å². The zero-order valence-electron chi connectivity index (χ0n) is 51.0. The Balaban J connectivity index is 3.43. The number of aliphatic hydroxyl groups excluding tert-OH is 2. The third-order valence-corrected chi connectivity index (χ3v) is 15.6. The van der Waals surface area contributed by atoms with E-state index < -0.39 is 12.1 Å². The van der Waals surface area contributed by atoms with E-state index in [9.17, 15) is 19.8 Å². The zero-order chi connectivity index (χ0) is 55.0. The lowest BCUT2D eigenvalue weighted by Crippen LogP contribution is -2.45. The molecule has 0 rings (SSSR count). The van der Waals surface area contributed by atoms with E-state index in [2.05, 4.69) is 55.6 Å². The molecule has 0 saturated heterocycles.